The Kier molecular flexibility index (Phi) is 5.54. The molecular weight excluding hydrogens is 350 g/mol. The van der Waals surface area contributed by atoms with E-state index in [2.05, 4.69) is 0 Å². The number of halogens is 1. The fraction of sp³-hybridized carbons (Fsp3) is 0.308. The lowest BCUT2D eigenvalue weighted by atomic mass is 10.2. The summed E-state index contributed by atoms with van der Waals surface area (Å²) in [5.41, 5.74) is 0. The molecule has 1 heterocycles. The third-order valence-electron chi connectivity index (χ3n) is 2.86. The molecule has 0 aliphatic carbocycles. The van der Waals surface area contributed by atoms with E-state index in [-0.39, 0.29) is 5.91 Å². The summed E-state index contributed by atoms with van der Waals surface area (Å²) in [6.07, 6.45) is 0. The smallest absolute Gasteiger partial charge is 0.320 e. The molecule has 1 amide bonds. The summed E-state index contributed by atoms with van der Waals surface area (Å²) in [6.45, 7) is 0. The fourth-order valence-electron chi connectivity index (χ4n) is 1.72. The molecule has 112 valence electrons. The van der Waals surface area contributed by atoms with Crippen LogP contribution >= 0.6 is 47.3 Å². The maximum Gasteiger partial charge on any atom is 0.320 e. The molecule has 1 aliphatic rings. The van der Waals surface area contributed by atoms with Crippen molar-refractivity contribution in [3.63, 3.8) is 0 Å². The van der Waals surface area contributed by atoms with Gasteiger partial charge in [-0.1, -0.05) is 35.6 Å². The van der Waals surface area contributed by atoms with Crippen LogP contribution in [0.3, 0.4) is 0 Å². The second kappa shape index (κ2) is 7.00. The monoisotopic (exact) mass is 361 g/mol. The van der Waals surface area contributed by atoms with Gasteiger partial charge in [0, 0.05) is 17.0 Å². The van der Waals surface area contributed by atoms with Gasteiger partial charge in [-0.05, 0) is 24.3 Å². The molecular formula is C13H12ClNO3S3. The maximum atomic E-state index is 12.2. The normalized spacial score (nSPS) is 19.8. The molecule has 0 radical (unpaired) electrons. The summed E-state index contributed by atoms with van der Waals surface area (Å²) in [5, 5.41) is -0.617. The van der Waals surface area contributed by atoms with Gasteiger partial charge in [0.05, 0.1) is 7.11 Å². The van der Waals surface area contributed by atoms with Gasteiger partial charge < -0.3 is 4.74 Å². The van der Waals surface area contributed by atoms with E-state index in [9.17, 15) is 9.59 Å². The average Bonchev–Trinajstić information content (AvgIpc) is 2.73. The molecule has 2 rings (SSSR count). The van der Waals surface area contributed by atoms with E-state index in [1.807, 2.05) is 0 Å². The lowest BCUT2D eigenvalue weighted by molar-refractivity contribution is -0.141. The van der Waals surface area contributed by atoms with Gasteiger partial charge in [0.15, 0.2) is 0 Å². The number of carbonyl (C=O) groups is 2. The molecule has 0 N–H and O–H groups in total. The second-order valence-corrected chi connectivity index (χ2v) is 7.64. The minimum atomic E-state index is -0.656. The van der Waals surface area contributed by atoms with E-state index in [4.69, 9.17) is 28.6 Å². The van der Waals surface area contributed by atoms with Gasteiger partial charge >= 0.3 is 5.97 Å². The molecule has 0 aromatic heterocycles. The number of rotatable bonds is 4. The van der Waals surface area contributed by atoms with Crippen molar-refractivity contribution in [1.82, 2.24) is 4.90 Å². The largest absolute Gasteiger partial charge is 0.468 e. The van der Waals surface area contributed by atoms with Gasteiger partial charge in [-0.2, -0.15) is 0 Å². The first-order valence-electron chi connectivity index (χ1n) is 5.92. The van der Waals surface area contributed by atoms with Crippen LogP contribution in [0.2, 0.25) is 5.02 Å². The van der Waals surface area contributed by atoms with E-state index in [1.165, 1.54) is 35.5 Å². The number of amides is 1. The van der Waals surface area contributed by atoms with Crippen LogP contribution in [0.15, 0.2) is 29.2 Å². The molecule has 8 heteroatoms. The lowest BCUT2D eigenvalue weighted by Crippen LogP contribution is -2.37. The minimum Gasteiger partial charge on any atom is -0.468 e. The van der Waals surface area contributed by atoms with Gasteiger partial charge in [-0.3, -0.25) is 14.5 Å². The Morgan fingerprint density at radius 3 is 2.57 bits per heavy atom. The number of carbonyl (C=O) groups excluding carboxylic acids is 2. The molecule has 4 nitrogen and oxygen atoms in total. The molecule has 1 saturated heterocycles. The maximum absolute atomic E-state index is 12.2. The predicted octanol–water partition coefficient (Wildman–Crippen LogP) is 2.83. The molecule has 1 aromatic carbocycles. The van der Waals surface area contributed by atoms with Crippen LogP contribution in [0.4, 0.5) is 0 Å². The highest BCUT2D eigenvalue weighted by atomic mass is 35.5. The van der Waals surface area contributed by atoms with E-state index in [0.29, 0.717) is 9.34 Å². The second-order valence-electron chi connectivity index (χ2n) is 4.22. The zero-order valence-corrected chi connectivity index (χ0v) is 14.4. The Balaban J connectivity index is 2.23. The van der Waals surface area contributed by atoms with Gasteiger partial charge in [0.25, 0.3) is 0 Å². The van der Waals surface area contributed by atoms with Crippen molar-refractivity contribution in [3.05, 3.63) is 29.3 Å². The molecule has 2 atom stereocenters. The summed E-state index contributed by atoms with van der Waals surface area (Å²) < 4.78 is 5.29. The number of ether oxygens (including phenoxy) is 1. The van der Waals surface area contributed by atoms with Crippen LogP contribution in [-0.4, -0.2) is 45.8 Å². The van der Waals surface area contributed by atoms with Crippen molar-refractivity contribution in [2.75, 3.05) is 14.2 Å². The molecule has 1 fully saturated rings. The SMILES string of the molecule is COC(=O)[C@@H](Sc1ccc(Cl)cc1)[C@@H]1SC(=S)N(C)C1=O. The number of thiocarbonyl (C=S) groups is 1. The number of methoxy groups -OCH3 is 1. The van der Waals surface area contributed by atoms with Crippen LogP contribution in [0.1, 0.15) is 0 Å². The van der Waals surface area contributed by atoms with E-state index in [0.717, 1.165) is 4.90 Å². The number of thioether (sulfide) groups is 2. The number of benzene rings is 1. The Hall–Kier alpha value is -0.760. The number of nitrogens with zero attached hydrogens (tertiary/aromatic N) is 1. The van der Waals surface area contributed by atoms with E-state index in [1.54, 1.807) is 31.3 Å². The number of hydrogen-bond acceptors (Lipinski definition) is 6. The topological polar surface area (TPSA) is 46.6 Å². The Morgan fingerprint density at radius 2 is 2.10 bits per heavy atom. The van der Waals surface area contributed by atoms with Crippen molar-refractivity contribution in [1.29, 1.82) is 0 Å². The highest BCUT2D eigenvalue weighted by Crippen LogP contribution is 2.37. The molecule has 1 aromatic rings. The third kappa shape index (κ3) is 3.71. The highest BCUT2D eigenvalue weighted by molar-refractivity contribution is 8.24. The third-order valence-corrected chi connectivity index (χ3v) is 6.31. The van der Waals surface area contributed by atoms with E-state index < -0.39 is 16.5 Å². The Labute approximate surface area is 141 Å². The summed E-state index contributed by atoms with van der Waals surface area (Å²) in [5.74, 6) is -0.624. The zero-order valence-electron chi connectivity index (χ0n) is 11.2. The highest BCUT2D eigenvalue weighted by Gasteiger charge is 2.44. The van der Waals surface area contributed by atoms with Gasteiger partial charge in [0.1, 0.15) is 14.8 Å². The van der Waals surface area contributed by atoms with Gasteiger partial charge in [-0.15, -0.1) is 11.8 Å². The summed E-state index contributed by atoms with van der Waals surface area (Å²) >= 11 is 13.4. The van der Waals surface area contributed by atoms with Crippen molar-refractivity contribution >= 4 is 63.5 Å². The standard InChI is InChI=1S/C13H12ClNO3S3/c1-15-11(16)9(21-13(15)19)10(12(17)18-2)20-8-5-3-7(14)4-6-8/h3-6,9-10H,1-2H3/t9-,10-/m0/s1. The molecule has 0 unspecified atom stereocenters. The van der Waals surface area contributed by atoms with Gasteiger partial charge in [-0.25, -0.2) is 0 Å². The Bertz CT molecular complexity index is 579. The first kappa shape index (κ1) is 16.6. The molecule has 0 spiro atoms. The van der Waals surface area contributed by atoms with Crippen molar-refractivity contribution in [2.24, 2.45) is 0 Å². The van der Waals surface area contributed by atoms with E-state index >= 15 is 0 Å². The van der Waals surface area contributed by atoms with Crippen LogP contribution in [-0.2, 0) is 14.3 Å². The van der Waals surface area contributed by atoms with Gasteiger partial charge in [0.2, 0.25) is 5.91 Å². The summed E-state index contributed by atoms with van der Waals surface area (Å²) in [6, 6.07) is 7.07. The summed E-state index contributed by atoms with van der Waals surface area (Å²) in [7, 11) is 2.92. The minimum absolute atomic E-state index is 0.179. The molecule has 0 saturated carbocycles. The number of esters is 1. The van der Waals surface area contributed by atoms with Crippen LogP contribution in [0.25, 0.3) is 0 Å². The van der Waals surface area contributed by atoms with Crippen molar-refractivity contribution in [2.45, 2.75) is 15.4 Å². The van der Waals surface area contributed by atoms with Crippen molar-refractivity contribution < 1.29 is 14.3 Å². The van der Waals surface area contributed by atoms with Crippen LogP contribution < -0.4 is 0 Å². The average molecular weight is 362 g/mol. The Morgan fingerprint density at radius 1 is 1.48 bits per heavy atom. The molecule has 0 bridgehead atoms. The number of hydrogen-bond donors (Lipinski definition) is 0. The summed E-state index contributed by atoms with van der Waals surface area (Å²) in [4.78, 5) is 26.5. The van der Waals surface area contributed by atoms with Crippen molar-refractivity contribution in [3.8, 4) is 0 Å². The molecule has 1 aliphatic heterocycles. The lowest BCUT2D eigenvalue weighted by Gasteiger charge is -2.18. The fourth-order valence-corrected chi connectivity index (χ4v) is 4.56. The first-order chi connectivity index (χ1) is 9.93. The quantitative estimate of drug-likeness (QED) is 0.467. The first-order valence-corrected chi connectivity index (χ1v) is 8.47. The molecule has 21 heavy (non-hydrogen) atoms. The van der Waals surface area contributed by atoms with Crippen LogP contribution in [0.5, 0.6) is 0 Å². The van der Waals surface area contributed by atoms with Crippen LogP contribution in [0, 0.1) is 0 Å². The zero-order chi connectivity index (χ0) is 15.6. The predicted molar refractivity (Wildman–Crippen MR) is 89.9 cm³/mol.